The van der Waals surface area contributed by atoms with Crippen LogP contribution in [0, 0.1) is 0 Å². The molecule has 0 radical (unpaired) electrons. The molecule has 0 aliphatic carbocycles. The van der Waals surface area contributed by atoms with Crippen molar-refractivity contribution in [2.24, 2.45) is 0 Å². The van der Waals surface area contributed by atoms with Gasteiger partial charge in [0.15, 0.2) is 5.82 Å². The van der Waals surface area contributed by atoms with Gasteiger partial charge in [-0.15, -0.1) is 6.58 Å². The Morgan fingerprint density at radius 2 is 2.00 bits per heavy atom. The van der Waals surface area contributed by atoms with E-state index in [1.165, 1.54) is 0 Å². The first-order valence-electron chi connectivity index (χ1n) is 8.91. The molecule has 2 heterocycles. The van der Waals surface area contributed by atoms with Crippen LogP contribution in [0.3, 0.4) is 0 Å². The number of hydrogen-bond acceptors (Lipinski definition) is 3. The van der Waals surface area contributed by atoms with Gasteiger partial charge in [-0.2, -0.15) is 0 Å². The zero-order valence-corrected chi connectivity index (χ0v) is 14.8. The van der Waals surface area contributed by atoms with Gasteiger partial charge in [0, 0.05) is 26.2 Å². The van der Waals surface area contributed by atoms with Crippen molar-refractivity contribution in [1.82, 2.24) is 19.8 Å². The first kappa shape index (κ1) is 18.2. The molecule has 2 amide bonds. The lowest BCUT2D eigenvalue weighted by Gasteiger charge is -2.22. The van der Waals surface area contributed by atoms with E-state index in [-0.39, 0.29) is 11.8 Å². The number of carbonyl (C=O) groups excluding carboxylic acids is 2. The summed E-state index contributed by atoms with van der Waals surface area (Å²) >= 11 is 0. The zero-order chi connectivity index (χ0) is 17.5. The fourth-order valence-electron chi connectivity index (χ4n) is 3.14. The van der Waals surface area contributed by atoms with E-state index < -0.39 is 0 Å². The predicted octanol–water partition coefficient (Wildman–Crippen LogP) is 2.40. The molecule has 0 unspecified atom stereocenters. The van der Waals surface area contributed by atoms with Gasteiger partial charge in [-0.25, -0.2) is 4.98 Å². The highest BCUT2D eigenvalue weighted by Crippen LogP contribution is 2.22. The molecule has 0 saturated carbocycles. The summed E-state index contributed by atoms with van der Waals surface area (Å²) in [5.74, 6) is 0.0598. The third-order valence-corrected chi connectivity index (χ3v) is 4.20. The molecule has 0 bridgehead atoms. The minimum absolute atomic E-state index is 0.0490. The molecule has 1 aromatic heterocycles. The van der Waals surface area contributed by atoms with Crippen LogP contribution in [0.2, 0.25) is 0 Å². The van der Waals surface area contributed by atoms with E-state index in [0.717, 1.165) is 57.4 Å². The van der Waals surface area contributed by atoms with E-state index in [2.05, 4.69) is 30.7 Å². The van der Waals surface area contributed by atoms with Crippen molar-refractivity contribution >= 4 is 11.8 Å². The van der Waals surface area contributed by atoms with E-state index in [1.807, 2.05) is 9.47 Å². The Bertz CT molecular complexity index is 600. The molecule has 0 aromatic carbocycles. The number of amides is 2. The van der Waals surface area contributed by atoms with E-state index in [4.69, 9.17) is 0 Å². The zero-order valence-electron chi connectivity index (χ0n) is 14.8. The predicted molar refractivity (Wildman–Crippen MR) is 94.2 cm³/mol. The molecule has 1 aliphatic heterocycles. The summed E-state index contributed by atoms with van der Waals surface area (Å²) < 4.78 is 1.92. The summed E-state index contributed by atoms with van der Waals surface area (Å²) in [6.07, 6.45) is 6.29. The Labute approximate surface area is 143 Å². The molecular formula is C18H28N4O2. The quantitative estimate of drug-likeness (QED) is 0.743. The van der Waals surface area contributed by atoms with Crippen LogP contribution in [-0.4, -0.2) is 45.9 Å². The standard InChI is InChI=1S/C18H28N4O2/c1-4-10-19-17(23)16-20-15(14-9-7-8-13-22(14)16)18(24)21(11-5-2)12-6-3/h4H,1,5-13H2,2-3H3,(H,19,23). The Kier molecular flexibility index (Phi) is 6.58. The molecule has 1 aliphatic rings. The third kappa shape index (κ3) is 3.86. The second-order valence-corrected chi connectivity index (χ2v) is 6.13. The van der Waals surface area contributed by atoms with Crippen LogP contribution in [0.5, 0.6) is 0 Å². The van der Waals surface area contributed by atoms with Gasteiger partial charge in [-0.1, -0.05) is 19.9 Å². The largest absolute Gasteiger partial charge is 0.346 e. The van der Waals surface area contributed by atoms with Gasteiger partial charge in [0.25, 0.3) is 11.8 Å². The Hall–Kier alpha value is -2.11. The van der Waals surface area contributed by atoms with Crippen molar-refractivity contribution in [2.75, 3.05) is 19.6 Å². The van der Waals surface area contributed by atoms with Crippen molar-refractivity contribution in [3.63, 3.8) is 0 Å². The summed E-state index contributed by atoms with van der Waals surface area (Å²) in [5, 5.41) is 2.77. The molecule has 6 nitrogen and oxygen atoms in total. The number of hydrogen-bond donors (Lipinski definition) is 1. The summed E-state index contributed by atoms with van der Waals surface area (Å²) in [4.78, 5) is 31.6. The van der Waals surface area contributed by atoms with Crippen LogP contribution < -0.4 is 5.32 Å². The van der Waals surface area contributed by atoms with Gasteiger partial charge in [-0.05, 0) is 32.1 Å². The highest BCUT2D eigenvalue weighted by atomic mass is 16.2. The number of carbonyl (C=O) groups is 2. The number of nitrogens with zero attached hydrogens (tertiary/aromatic N) is 3. The minimum atomic E-state index is -0.241. The maximum atomic E-state index is 12.9. The van der Waals surface area contributed by atoms with Crippen molar-refractivity contribution in [3.05, 3.63) is 29.9 Å². The van der Waals surface area contributed by atoms with Crippen LogP contribution in [0.4, 0.5) is 0 Å². The summed E-state index contributed by atoms with van der Waals surface area (Å²) in [6.45, 7) is 10.3. The van der Waals surface area contributed by atoms with Crippen LogP contribution in [-0.2, 0) is 13.0 Å². The average Bonchev–Trinajstić information content (AvgIpc) is 2.98. The van der Waals surface area contributed by atoms with Gasteiger partial charge >= 0.3 is 0 Å². The first-order chi connectivity index (χ1) is 11.6. The van der Waals surface area contributed by atoms with Gasteiger partial charge in [0.2, 0.25) is 0 Å². The fraction of sp³-hybridized carbons (Fsp3) is 0.611. The number of imidazole rings is 1. The van der Waals surface area contributed by atoms with Crippen molar-refractivity contribution < 1.29 is 9.59 Å². The van der Waals surface area contributed by atoms with E-state index in [1.54, 1.807) is 6.08 Å². The molecular weight excluding hydrogens is 304 g/mol. The molecule has 1 N–H and O–H groups in total. The molecule has 24 heavy (non-hydrogen) atoms. The second kappa shape index (κ2) is 8.66. The molecule has 2 rings (SSSR count). The summed E-state index contributed by atoms with van der Waals surface area (Å²) in [7, 11) is 0. The van der Waals surface area contributed by atoms with E-state index in [0.29, 0.717) is 18.1 Å². The molecule has 0 saturated heterocycles. The maximum absolute atomic E-state index is 12.9. The topological polar surface area (TPSA) is 67.2 Å². The van der Waals surface area contributed by atoms with Crippen molar-refractivity contribution in [1.29, 1.82) is 0 Å². The molecule has 0 atom stereocenters. The minimum Gasteiger partial charge on any atom is -0.346 e. The Morgan fingerprint density at radius 3 is 2.62 bits per heavy atom. The Balaban J connectivity index is 2.35. The maximum Gasteiger partial charge on any atom is 0.287 e. The van der Waals surface area contributed by atoms with Gasteiger partial charge in [0.05, 0.1) is 5.69 Å². The van der Waals surface area contributed by atoms with Gasteiger partial charge < -0.3 is 14.8 Å². The average molecular weight is 332 g/mol. The summed E-state index contributed by atoms with van der Waals surface area (Å²) in [6, 6.07) is 0. The highest BCUT2D eigenvalue weighted by Gasteiger charge is 2.29. The number of rotatable bonds is 8. The lowest BCUT2D eigenvalue weighted by atomic mass is 10.1. The van der Waals surface area contributed by atoms with Crippen LogP contribution in [0.1, 0.15) is 66.3 Å². The van der Waals surface area contributed by atoms with Crippen molar-refractivity contribution in [3.8, 4) is 0 Å². The third-order valence-electron chi connectivity index (χ3n) is 4.20. The molecule has 1 aromatic rings. The molecule has 132 valence electrons. The van der Waals surface area contributed by atoms with Crippen LogP contribution in [0.25, 0.3) is 0 Å². The SMILES string of the molecule is C=CCNC(=O)c1nc(C(=O)N(CCC)CCC)c2n1CCCC2. The number of aromatic nitrogens is 2. The number of fused-ring (bicyclic) bond motifs is 1. The van der Waals surface area contributed by atoms with Crippen molar-refractivity contribution in [2.45, 2.75) is 52.5 Å². The highest BCUT2D eigenvalue weighted by molar-refractivity contribution is 5.97. The molecule has 0 fully saturated rings. The lowest BCUT2D eigenvalue weighted by molar-refractivity contribution is 0.0748. The molecule has 6 heteroatoms. The van der Waals surface area contributed by atoms with Crippen LogP contribution in [0.15, 0.2) is 12.7 Å². The monoisotopic (exact) mass is 332 g/mol. The van der Waals surface area contributed by atoms with E-state index in [9.17, 15) is 9.59 Å². The van der Waals surface area contributed by atoms with Gasteiger partial charge in [-0.3, -0.25) is 9.59 Å². The fourth-order valence-corrected chi connectivity index (χ4v) is 3.14. The second-order valence-electron chi connectivity index (χ2n) is 6.13. The van der Waals surface area contributed by atoms with Crippen LogP contribution >= 0.6 is 0 Å². The molecule has 0 spiro atoms. The lowest BCUT2D eigenvalue weighted by Crippen LogP contribution is -2.33. The summed E-state index contributed by atoms with van der Waals surface area (Å²) in [5.41, 5.74) is 1.37. The smallest absolute Gasteiger partial charge is 0.287 e. The normalized spacial score (nSPS) is 13.2. The van der Waals surface area contributed by atoms with Gasteiger partial charge in [0.1, 0.15) is 5.69 Å². The van der Waals surface area contributed by atoms with E-state index >= 15 is 0 Å². The first-order valence-corrected chi connectivity index (χ1v) is 8.91. The Morgan fingerprint density at radius 1 is 1.29 bits per heavy atom. The number of nitrogens with one attached hydrogen (secondary N) is 1.